The number of fused-ring (bicyclic) bond motifs is 2. The van der Waals surface area contributed by atoms with E-state index in [1.54, 1.807) is 0 Å². The Bertz CT molecular complexity index is 1260. The summed E-state index contributed by atoms with van der Waals surface area (Å²) >= 11 is 0. The van der Waals surface area contributed by atoms with Gasteiger partial charge in [0.1, 0.15) is 0 Å². The molecule has 4 nitrogen and oxygen atoms in total. The largest absolute Gasteiger partial charge is 0.360 e. The van der Waals surface area contributed by atoms with Crippen LogP contribution < -0.4 is 15.9 Å². The van der Waals surface area contributed by atoms with Gasteiger partial charge in [0.05, 0.1) is 5.57 Å². The van der Waals surface area contributed by atoms with Gasteiger partial charge in [0.15, 0.2) is 0 Å². The molecule has 3 N–H and O–H groups in total. The number of aromatic nitrogens is 2. The van der Waals surface area contributed by atoms with E-state index in [9.17, 15) is 4.79 Å². The van der Waals surface area contributed by atoms with E-state index in [2.05, 4.69) is 27.9 Å². The highest BCUT2D eigenvalue weighted by molar-refractivity contribution is 6.31. The fourth-order valence-corrected chi connectivity index (χ4v) is 3.54. The molecule has 0 unspecified atom stereocenters. The minimum Gasteiger partial charge on any atom is -0.360 e. The van der Waals surface area contributed by atoms with Gasteiger partial charge < -0.3 is 15.3 Å². The van der Waals surface area contributed by atoms with Crippen LogP contribution in [0.2, 0.25) is 0 Å². The van der Waals surface area contributed by atoms with Crippen LogP contribution in [0.4, 0.5) is 5.69 Å². The maximum Gasteiger partial charge on any atom is 0.257 e. The molecule has 25 heavy (non-hydrogen) atoms. The van der Waals surface area contributed by atoms with Crippen LogP contribution >= 0.6 is 0 Å². The topological polar surface area (TPSA) is 60.7 Å². The molecular formula is C21H15N3O. The van der Waals surface area contributed by atoms with Crippen molar-refractivity contribution < 1.29 is 4.79 Å². The molecular weight excluding hydrogens is 310 g/mol. The maximum absolute atomic E-state index is 12.5. The third kappa shape index (κ3) is 1.97. The monoisotopic (exact) mass is 325 g/mol. The van der Waals surface area contributed by atoms with Crippen LogP contribution in [0.15, 0.2) is 60.8 Å². The van der Waals surface area contributed by atoms with Crippen LogP contribution in [0.1, 0.15) is 5.56 Å². The zero-order chi connectivity index (χ0) is 17.0. The van der Waals surface area contributed by atoms with E-state index in [1.165, 1.54) is 0 Å². The van der Waals surface area contributed by atoms with Gasteiger partial charge >= 0.3 is 0 Å². The first-order valence-corrected chi connectivity index (χ1v) is 8.12. The average molecular weight is 325 g/mol. The van der Waals surface area contributed by atoms with E-state index in [1.807, 2.05) is 54.7 Å². The minimum absolute atomic E-state index is 0.0874. The first-order valence-electron chi connectivity index (χ1n) is 8.12. The third-order valence-corrected chi connectivity index (χ3v) is 4.72. The van der Waals surface area contributed by atoms with E-state index in [0.717, 1.165) is 44.0 Å². The second-order valence-corrected chi connectivity index (χ2v) is 6.20. The molecule has 0 atom stereocenters. The quantitative estimate of drug-likeness (QED) is 0.495. The molecule has 3 heterocycles. The molecule has 0 fully saturated rings. The second-order valence-electron chi connectivity index (χ2n) is 6.20. The Labute approximate surface area is 143 Å². The Balaban J connectivity index is 1.79. The van der Waals surface area contributed by atoms with Gasteiger partial charge in [-0.05, 0) is 18.2 Å². The SMILES string of the molecule is C=c1[nH]c(-c2c[nH]c3ccccc23)cc1=C1C(=O)Nc2ccccc21. The van der Waals surface area contributed by atoms with Crippen molar-refractivity contribution in [2.45, 2.75) is 0 Å². The van der Waals surface area contributed by atoms with Crippen LogP contribution in [0.5, 0.6) is 0 Å². The number of carbonyl (C=O) groups is 1. The molecule has 2 aromatic carbocycles. The fraction of sp³-hybridized carbons (Fsp3) is 0. The van der Waals surface area contributed by atoms with Crippen molar-refractivity contribution in [2.24, 2.45) is 0 Å². The zero-order valence-corrected chi connectivity index (χ0v) is 13.4. The summed E-state index contributed by atoms with van der Waals surface area (Å²) in [7, 11) is 0. The molecule has 0 radical (unpaired) electrons. The summed E-state index contributed by atoms with van der Waals surface area (Å²) in [6.07, 6.45) is 1.98. The standard InChI is InChI=1S/C21H15N3O/c1-12-15(20-14-7-3-5-9-18(14)24-21(20)25)10-19(23-12)16-11-22-17-8-4-2-6-13(16)17/h2-11,22-23H,1H2,(H,24,25). The number of amides is 1. The molecule has 1 aliphatic heterocycles. The lowest BCUT2D eigenvalue weighted by molar-refractivity contribution is -0.110. The number of anilines is 1. The molecule has 0 saturated heterocycles. The average Bonchev–Trinajstić information content (AvgIpc) is 3.29. The summed E-state index contributed by atoms with van der Waals surface area (Å²) in [5.41, 5.74) is 5.53. The number of carbonyl (C=O) groups excluding carboxylic acids is 1. The maximum atomic E-state index is 12.5. The van der Waals surface area contributed by atoms with Gasteiger partial charge in [-0.2, -0.15) is 0 Å². The van der Waals surface area contributed by atoms with Crippen molar-refractivity contribution in [2.75, 3.05) is 5.32 Å². The predicted octanol–water partition coefficient (Wildman–Crippen LogP) is 2.72. The van der Waals surface area contributed by atoms with Crippen molar-refractivity contribution in [3.63, 3.8) is 0 Å². The number of hydrogen-bond donors (Lipinski definition) is 3. The molecule has 0 saturated carbocycles. The molecule has 1 amide bonds. The number of benzene rings is 2. The number of rotatable bonds is 1. The Kier molecular flexibility index (Phi) is 2.76. The molecule has 0 bridgehead atoms. The van der Waals surface area contributed by atoms with E-state index < -0.39 is 0 Å². The van der Waals surface area contributed by atoms with Gasteiger partial charge in [-0.15, -0.1) is 0 Å². The summed E-state index contributed by atoms with van der Waals surface area (Å²) in [6.45, 7) is 4.12. The number of para-hydroxylation sites is 2. The number of hydrogen-bond acceptors (Lipinski definition) is 1. The van der Waals surface area contributed by atoms with Gasteiger partial charge in [-0.25, -0.2) is 0 Å². The lowest BCUT2D eigenvalue weighted by atomic mass is 10.0. The van der Waals surface area contributed by atoms with Crippen molar-refractivity contribution in [1.29, 1.82) is 0 Å². The smallest absolute Gasteiger partial charge is 0.257 e. The number of nitrogens with one attached hydrogen (secondary N) is 3. The van der Waals surface area contributed by atoms with Crippen LogP contribution in [-0.2, 0) is 4.79 Å². The molecule has 120 valence electrons. The van der Waals surface area contributed by atoms with Crippen molar-refractivity contribution in [3.05, 3.63) is 76.9 Å². The number of aromatic amines is 2. The predicted molar refractivity (Wildman–Crippen MR) is 100 cm³/mol. The van der Waals surface area contributed by atoms with Crippen molar-refractivity contribution >= 4 is 34.6 Å². The van der Waals surface area contributed by atoms with Crippen LogP contribution in [0.3, 0.4) is 0 Å². The zero-order valence-electron chi connectivity index (χ0n) is 13.4. The minimum atomic E-state index is -0.0874. The van der Waals surface area contributed by atoms with Gasteiger partial charge in [-0.3, -0.25) is 4.79 Å². The van der Waals surface area contributed by atoms with E-state index in [-0.39, 0.29) is 5.91 Å². The summed E-state index contributed by atoms with van der Waals surface area (Å²) in [4.78, 5) is 19.1. The highest BCUT2D eigenvalue weighted by Crippen LogP contribution is 2.30. The molecule has 4 heteroatoms. The van der Waals surface area contributed by atoms with Gasteiger partial charge in [0.25, 0.3) is 5.91 Å². The van der Waals surface area contributed by atoms with Crippen LogP contribution in [0, 0.1) is 0 Å². The summed E-state index contributed by atoms with van der Waals surface area (Å²) < 4.78 is 0. The summed E-state index contributed by atoms with van der Waals surface area (Å²) in [6, 6.07) is 17.9. The summed E-state index contributed by atoms with van der Waals surface area (Å²) in [5.74, 6) is -0.0874. The first-order chi connectivity index (χ1) is 12.2. The molecule has 0 aliphatic carbocycles. The third-order valence-electron chi connectivity index (χ3n) is 4.72. The van der Waals surface area contributed by atoms with E-state index in [0.29, 0.717) is 5.57 Å². The van der Waals surface area contributed by atoms with Crippen molar-refractivity contribution in [1.82, 2.24) is 9.97 Å². The number of H-pyrrole nitrogens is 2. The van der Waals surface area contributed by atoms with Gasteiger partial charge in [0, 0.05) is 50.2 Å². The van der Waals surface area contributed by atoms with Crippen molar-refractivity contribution in [3.8, 4) is 11.3 Å². The lowest BCUT2D eigenvalue weighted by Crippen LogP contribution is -2.26. The normalized spacial score (nSPS) is 15.4. The van der Waals surface area contributed by atoms with Crippen LogP contribution in [-0.4, -0.2) is 15.9 Å². The highest BCUT2D eigenvalue weighted by Gasteiger charge is 2.24. The second kappa shape index (κ2) is 4.98. The Hall–Kier alpha value is -3.53. The molecule has 2 aromatic heterocycles. The van der Waals surface area contributed by atoms with Crippen LogP contribution in [0.25, 0.3) is 34.3 Å². The Morgan fingerprint density at radius 3 is 2.64 bits per heavy atom. The molecule has 0 spiro atoms. The fourth-order valence-electron chi connectivity index (χ4n) is 3.54. The van der Waals surface area contributed by atoms with Gasteiger partial charge in [0.2, 0.25) is 0 Å². The van der Waals surface area contributed by atoms with E-state index in [4.69, 9.17) is 0 Å². The molecule has 4 aromatic rings. The molecule has 5 rings (SSSR count). The van der Waals surface area contributed by atoms with E-state index >= 15 is 0 Å². The first kappa shape index (κ1) is 13.9. The lowest BCUT2D eigenvalue weighted by Gasteiger charge is -1.95. The molecule has 1 aliphatic rings. The Morgan fingerprint density at radius 2 is 1.72 bits per heavy atom. The Morgan fingerprint density at radius 1 is 0.920 bits per heavy atom. The van der Waals surface area contributed by atoms with Gasteiger partial charge in [-0.1, -0.05) is 43.0 Å². The summed E-state index contributed by atoms with van der Waals surface area (Å²) in [5, 5.41) is 5.63. The highest BCUT2D eigenvalue weighted by atomic mass is 16.2.